The number of fused-ring (bicyclic) bond motifs is 1. The SMILES string of the molecule is Cc1c(Cl)c2ccccc2[n+](C)c1-c1ccccc1.[Cl-]. The molecular weight excluding hydrogens is 289 g/mol. The van der Waals surface area contributed by atoms with Crippen LogP contribution in [0.25, 0.3) is 22.2 Å². The summed E-state index contributed by atoms with van der Waals surface area (Å²) in [6.45, 7) is 2.08. The van der Waals surface area contributed by atoms with Gasteiger partial charge >= 0.3 is 0 Å². The second-order valence-electron chi connectivity index (χ2n) is 4.73. The number of aromatic nitrogens is 1. The van der Waals surface area contributed by atoms with Crippen molar-refractivity contribution in [2.75, 3.05) is 0 Å². The molecule has 0 spiro atoms. The monoisotopic (exact) mass is 303 g/mol. The molecule has 0 aliphatic heterocycles. The van der Waals surface area contributed by atoms with Crippen LogP contribution < -0.4 is 17.0 Å². The summed E-state index contributed by atoms with van der Waals surface area (Å²) in [5.74, 6) is 0. The molecule has 3 heteroatoms. The van der Waals surface area contributed by atoms with Crippen molar-refractivity contribution in [3.63, 3.8) is 0 Å². The maximum atomic E-state index is 6.54. The van der Waals surface area contributed by atoms with E-state index in [-0.39, 0.29) is 12.4 Å². The van der Waals surface area contributed by atoms with Gasteiger partial charge in [-0.3, -0.25) is 0 Å². The molecule has 102 valence electrons. The lowest BCUT2D eigenvalue weighted by molar-refractivity contribution is -0.633. The quantitative estimate of drug-likeness (QED) is 0.597. The van der Waals surface area contributed by atoms with Gasteiger partial charge in [0.25, 0.3) is 0 Å². The van der Waals surface area contributed by atoms with E-state index in [1.807, 2.05) is 18.2 Å². The zero-order chi connectivity index (χ0) is 13.4. The van der Waals surface area contributed by atoms with E-state index in [4.69, 9.17) is 11.6 Å². The molecule has 20 heavy (non-hydrogen) atoms. The molecule has 0 fully saturated rings. The lowest BCUT2D eigenvalue weighted by Crippen LogP contribution is -3.00. The Morgan fingerprint density at radius 1 is 0.900 bits per heavy atom. The van der Waals surface area contributed by atoms with Crippen LogP contribution in [0.15, 0.2) is 54.6 Å². The predicted octanol–water partition coefficient (Wildman–Crippen LogP) is 1.30. The van der Waals surface area contributed by atoms with E-state index in [0.717, 1.165) is 21.5 Å². The lowest BCUT2D eigenvalue weighted by Gasteiger charge is -2.09. The normalized spacial score (nSPS) is 10.3. The minimum Gasteiger partial charge on any atom is -1.00 e. The van der Waals surface area contributed by atoms with Crippen LogP contribution in [0.4, 0.5) is 0 Å². The van der Waals surface area contributed by atoms with Crippen molar-refractivity contribution >= 4 is 22.5 Å². The van der Waals surface area contributed by atoms with E-state index >= 15 is 0 Å². The molecule has 1 nitrogen and oxygen atoms in total. The van der Waals surface area contributed by atoms with Gasteiger partial charge in [0, 0.05) is 17.2 Å². The van der Waals surface area contributed by atoms with Crippen molar-refractivity contribution in [3.05, 3.63) is 65.2 Å². The highest BCUT2D eigenvalue weighted by Gasteiger charge is 2.21. The number of benzene rings is 2. The molecule has 1 heterocycles. The zero-order valence-corrected chi connectivity index (χ0v) is 12.9. The van der Waals surface area contributed by atoms with Crippen LogP contribution in [0.5, 0.6) is 0 Å². The van der Waals surface area contributed by atoms with E-state index in [0.29, 0.717) is 0 Å². The van der Waals surface area contributed by atoms with Crippen molar-refractivity contribution in [2.45, 2.75) is 6.92 Å². The van der Waals surface area contributed by atoms with E-state index < -0.39 is 0 Å². The fraction of sp³-hybridized carbons (Fsp3) is 0.118. The molecule has 3 aromatic rings. The van der Waals surface area contributed by atoms with Gasteiger partial charge in [-0.2, -0.15) is 4.57 Å². The van der Waals surface area contributed by atoms with Gasteiger partial charge in [0.15, 0.2) is 0 Å². The van der Waals surface area contributed by atoms with Crippen molar-refractivity contribution in [2.24, 2.45) is 7.05 Å². The second kappa shape index (κ2) is 5.82. The van der Waals surface area contributed by atoms with Gasteiger partial charge in [-0.15, -0.1) is 0 Å². The average Bonchev–Trinajstić information content (AvgIpc) is 2.46. The van der Waals surface area contributed by atoms with Crippen LogP contribution in [-0.4, -0.2) is 0 Å². The third-order valence-electron chi connectivity index (χ3n) is 3.57. The van der Waals surface area contributed by atoms with Gasteiger partial charge in [0.2, 0.25) is 11.2 Å². The maximum absolute atomic E-state index is 6.54. The number of halogens is 2. The Bertz CT molecular complexity index is 752. The van der Waals surface area contributed by atoms with E-state index in [9.17, 15) is 0 Å². The molecule has 0 saturated heterocycles. The topological polar surface area (TPSA) is 3.88 Å². The minimum absolute atomic E-state index is 0. The van der Waals surface area contributed by atoms with Gasteiger partial charge in [-0.05, 0) is 25.1 Å². The molecule has 3 rings (SSSR count). The molecule has 0 amide bonds. The highest BCUT2D eigenvalue weighted by atomic mass is 35.5. The van der Waals surface area contributed by atoms with Gasteiger partial charge in [0.1, 0.15) is 7.05 Å². The van der Waals surface area contributed by atoms with Crippen molar-refractivity contribution in [1.82, 2.24) is 0 Å². The molecule has 0 aliphatic rings. The van der Waals surface area contributed by atoms with Crippen molar-refractivity contribution in [1.29, 1.82) is 0 Å². The summed E-state index contributed by atoms with van der Waals surface area (Å²) in [7, 11) is 2.09. The number of hydrogen-bond acceptors (Lipinski definition) is 0. The standard InChI is InChI=1S/C17H15ClN.ClH/c1-12-16(18)14-10-6-7-11-15(14)19(2)17(12)13-8-4-3-5-9-13;/h3-11H,1-2H3;1H/q+1;/p-1. The Morgan fingerprint density at radius 3 is 2.20 bits per heavy atom. The zero-order valence-electron chi connectivity index (χ0n) is 11.4. The third-order valence-corrected chi connectivity index (χ3v) is 4.06. The Hall–Kier alpha value is -1.57. The van der Waals surface area contributed by atoms with Crippen LogP contribution in [-0.2, 0) is 7.05 Å². The number of aryl methyl sites for hydroxylation is 1. The smallest absolute Gasteiger partial charge is 0.217 e. The number of nitrogens with zero attached hydrogens (tertiary/aromatic N) is 1. The van der Waals surface area contributed by atoms with E-state index in [1.165, 1.54) is 11.3 Å². The summed E-state index contributed by atoms with van der Waals surface area (Å²) >= 11 is 6.54. The first kappa shape index (κ1) is 14.8. The average molecular weight is 304 g/mol. The van der Waals surface area contributed by atoms with Crippen LogP contribution >= 0.6 is 11.6 Å². The predicted molar refractivity (Wildman–Crippen MR) is 80.3 cm³/mol. The first-order valence-corrected chi connectivity index (χ1v) is 6.70. The molecular formula is C17H15Cl2N. The summed E-state index contributed by atoms with van der Waals surface area (Å²) < 4.78 is 2.21. The van der Waals surface area contributed by atoms with Gasteiger partial charge < -0.3 is 12.4 Å². The molecule has 0 saturated carbocycles. The number of hydrogen-bond donors (Lipinski definition) is 0. The molecule has 0 N–H and O–H groups in total. The van der Waals surface area contributed by atoms with Crippen LogP contribution in [0.2, 0.25) is 5.02 Å². The number of pyridine rings is 1. The van der Waals surface area contributed by atoms with E-state index in [2.05, 4.69) is 54.9 Å². The van der Waals surface area contributed by atoms with Crippen LogP contribution in [0, 0.1) is 6.92 Å². The minimum atomic E-state index is 0. The Morgan fingerprint density at radius 2 is 1.50 bits per heavy atom. The molecule has 0 bridgehead atoms. The van der Waals surface area contributed by atoms with Crippen molar-refractivity contribution in [3.8, 4) is 11.3 Å². The van der Waals surface area contributed by atoms with Crippen LogP contribution in [0.1, 0.15) is 5.56 Å². The fourth-order valence-electron chi connectivity index (χ4n) is 2.64. The van der Waals surface area contributed by atoms with Gasteiger partial charge in [-0.1, -0.05) is 41.9 Å². The molecule has 0 aliphatic carbocycles. The fourth-order valence-corrected chi connectivity index (χ4v) is 2.89. The first-order chi connectivity index (χ1) is 9.20. The molecule has 1 aromatic heterocycles. The molecule has 0 atom stereocenters. The van der Waals surface area contributed by atoms with Gasteiger partial charge in [-0.25, -0.2) is 0 Å². The number of para-hydroxylation sites is 1. The van der Waals surface area contributed by atoms with Crippen molar-refractivity contribution < 1.29 is 17.0 Å². The van der Waals surface area contributed by atoms with E-state index in [1.54, 1.807) is 0 Å². The van der Waals surface area contributed by atoms with Gasteiger partial charge in [0.05, 0.1) is 10.4 Å². The summed E-state index contributed by atoms with van der Waals surface area (Å²) in [5, 5.41) is 1.94. The molecule has 0 radical (unpaired) electrons. The largest absolute Gasteiger partial charge is 1.00 e. The molecule has 0 unspecified atom stereocenters. The second-order valence-corrected chi connectivity index (χ2v) is 5.11. The Labute approximate surface area is 130 Å². The molecule has 2 aromatic carbocycles. The van der Waals surface area contributed by atoms with Crippen LogP contribution in [0.3, 0.4) is 0 Å². The number of rotatable bonds is 1. The summed E-state index contributed by atoms with van der Waals surface area (Å²) in [6, 6.07) is 18.6. The first-order valence-electron chi connectivity index (χ1n) is 6.32. The summed E-state index contributed by atoms with van der Waals surface area (Å²) in [6.07, 6.45) is 0. The Balaban J connectivity index is 0.00000147. The third kappa shape index (κ3) is 2.28. The Kier molecular flexibility index (Phi) is 4.32. The summed E-state index contributed by atoms with van der Waals surface area (Å²) in [5.41, 5.74) is 4.63. The highest BCUT2D eigenvalue weighted by molar-refractivity contribution is 6.36. The lowest BCUT2D eigenvalue weighted by atomic mass is 10.0. The summed E-state index contributed by atoms with van der Waals surface area (Å²) in [4.78, 5) is 0. The highest BCUT2D eigenvalue weighted by Crippen LogP contribution is 2.31. The maximum Gasteiger partial charge on any atom is 0.217 e.